The first-order valence-electron chi connectivity index (χ1n) is 7.46. The van der Waals surface area contributed by atoms with Crippen molar-refractivity contribution < 1.29 is 4.39 Å². The lowest BCUT2D eigenvalue weighted by Gasteiger charge is -2.27. The second kappa shape index (κ2) is 7.42. The zero-order valence-corrected chi connectivity index (χ0v) is 12.2. The van der Waals surface area contributed by atoms with Crippen LogP contribution >= 0.6 is 0 Å². The van der Waals surface area contributed by atoms with Gasteiger partial charge in [-0.05, 0) is 37.1 Å². The summed E-state index contributed by atoms with van der Waals surface area (Å²) < 4.78 is 13.4. The highest BCUT2D eigenvalue weighted by molar-refractivity contribution is 5.42. The molecule has 0 radical (unpaired) electrons. The maximum atomic E-state index is 13.4. The fraction of sp³-hybridized carbons (Fsp3) is 0.529. The maximum absolute atomic E-state index is 13.4. The Morgan fingerprint density at radius 2 is 2.10 bits per heavy atom. The second-order valence-corrected chi connectivity index (χ2v) is 5.31. The van der Waals surface area contributed by atoms with Crippen LogP contribution in [0.5, 0.6) is 0 Å². The predicted octanol–water partition coefficient (Wildman–Crippen LogP) is 2.90. The summed E-state index contributed by atoms with van der Waals surface area (Å²) in [5, 5.41) is 0. The van der Waals surface area contributed by atoms with Crippen LogP contribution in [0.4, 0.5) is 4.39 Å². The minimum absolute atomic E-state index is 0.237. The van der Waals surface area contributed by atoms with Crippen LogP contribution < -0.4 is 5.73 Å². The average Bonchev–Trinajstić information content (AvgIpc) is 2.98. The molecule has 1 aromatic rings. The van der Waals surface area contributed by atoms with Gasteiger partial charge in [-0.1, -0.05) is 37.7 Å². The summed E-state index contributed by atoms with van der Waals surface area (Å²) in [5.41, 5.74) is 7.28. The molecule has 1 aliphatic carbocycles. The number of nitrogens with zero attached hydrogens (tertiary/aromatic N) is 1. The molecule has 108 valence electrons. The summed E-state index contributed by atoms with van der Waals surface area (Å²) in [5.74, 6) is 5.58. The fourth-order valence-electron chi connectivity index (χ4n) is 2.94. The van der Waals surface area contributed by atoms with Crippen LogP contribution in [-0.2, 0) is 6.54 Å². The summed E-state index contributed by atoms with van der Waals surface area (Å²) in [6.45, 7) is 4.35. The van der Waals surface area contributed by atoms with E-state index in [1.165, 1.54) is 37.8 Å². The zero-order valence-electron chi connectivity index (χ0n) is 12.2. The minimum atomic E-state index is -0.237. The first-order chi connectivity index (χ1) is 9.74. The number of benzene rings is 1. The molecule has 0 atom stereocenters. The van der Waals surface area contributed by atoms with Gasteiger partial charge in [-0.2, -0.15) is 0 Å². The van der Waals surface area contributed by atoms with E-state index in [0.29, 0.717) is 12.6 Å². The molecule has 0 unspecified atom stereocenters. The topological polar surface area (TPSA) is 29.3 Å². The lowest BCUT2D eigenvalue weighted by Crippen LogP contribution is -2.32. The third-order valence-electron chi connectivity index (χ3n) is 4.02. The largest absolute Gasteiger partial charge is 0.320 e. The van der Waals surface area contributed by atoms with Crippen molar-refractivity contribution in [3.63, 3.8) is 0 Å². The van der Waals surface area contributed by atoms with Crippen LogP contribution in [0.1, 0.15) is 43.7 Å². The summed E-state index contributed by atoms with van der Waals surface area (Å²) in [6, 6.07) is 5.56. The van der Waals surface area contributed by atoms with E-state index in [9.17, 15) is 4.39 Å². The highest BCUT2D eigenvalue weighted by Gasteiger charge is 2.21. The van der Waals surface area contributed by atoms with E-state index in [1.807, 2.05) is 6.07 Å². The van der Waals surface area contributed by atoms with E-state index in [0.717, 1.165) is 24.2 Å². The fourth-order valence-corrected chi connectivity index (χ4v) is 2.94. The summed E-state index contributed by atoms with van der Waals surface area (Å²) in [6.07, 6.45) is 5.20. The Labute approximate surface area is 121 Å². The Morgan fingerprint density at radius 3 is 2.75 bits per heavy atom. The Hall–Kier alpha value is -1.37. The van der Waals surface area contributed by atoms with Crippen LogP contribution in [0.25, 0.3) is 0 Å². The van der Waals surface area contributed by atoms with Crippen molar-refractivity contribution in [2.75, 3.05) is 13.1 Å². The second-order valence-electron chi connectivity index (χ2n) is 5.31. The van der Waals surface area contributed by atoms with Crippen molar-refractivity contribution in [2.24, 2.45) is 5.73 Å². The molecule has 1 saturated carbocycles. The van der Waals surface area contributed by atoms with Gasteiger partial charge >= 0.3 is 0 Å². The third-order valence-corrected chi connectivity index (χ3v) is 4.02. The third kappa shape index (κ3) is 3.82. The van der Waals surface area contributed by atoms with E-state index in [4.69, 9.17) is 5.73 Å². The van der Waals surface area contributed by atoms with Crippen molar-refractivity contribution in [1.29, 1.82) is 0 Å². The molecule has 0 bridgehead atoms. The van der Waals surface area contributed by atoms with Crippen molar-refractivity contribution in [2.45, 2.75) is 45.2 Å². The van der Waals surface area contributed by atoms with E-state index in [2.05, 4.69) is 23.7 Å². The van der Waals surface area contributed by atoms with Crippen LogP contribution in [0, 0.1) is 17.7 Å². The number of hydrogen-bond donors (Lipinski definition) is 1. The Bertz CT molecular complexity index is 495. The molecule has 1 aliphatic rings. The molecule has 0 amide bonds. The Balaban J connectivity index is 2.18. The standard InChI is InChI=1S/C17H23FN2/c1-2-20(17-7-3-4-8-17)13-15-9-10-16(18)12-14(15)6-5-11-19/h9-10,12,17H,2-4,7-8,11,13,19H2,1H3. The molecule has 0 saturated heterocycles. The molecule has 20 heavy (non-hydrogen) atoms. The number of halogens is 1. The van der Waals surface area contributed by atoms with E-state index in [1.54, 1.807) is 0 Å². The average molecular weight is 274 g/mol. The Morgan fingerprint density at radius 1 is 1.35 bits per heavy atom. The first-order valence-corrected chi connectivity index (χ1v) is 7.46. The van der Waals surface area contributed by atoms with Crippen LogP contribution in [0.3, 0.4) is 0 Å². The Kier molecular flexibility index (Phi) is 5.58. The molecular formula is C17H23FN2. The van der Waals surface area contributed by atoms with Gasteiger partial charge in [0.1, 0.15) is 5.82 Å². The van der Waals surface area contributed by atoms with Gasteiger partial charge in [0.2, 0.25) is 0 Å². The molecule has 0 spiro atoms. The SMILES string of the molecule is CCN(Cc1ccc(F)cc1C#CCN)C1CCCC1. The van der Waals surface area contributed by atoms with Gasteiger partial charge in [0.15, 0.2) is 0 Å². The monoisotopic (exact) mass is 274 g/mol. The van der Waals surface area contributed by atoms with Gasteiger partial charge in [0, 0.05) is 18.2 Å². The molecule has 1 fully saturated rings. The summed E-state index contributed by atoms with van der Waals surface area (Å²) in [7, 11) is 0. The molecule has 2 N–H and O–H groups in total. The van der Waals surface area contributed by atoms with Crippen LogP contribution in [0.15, 0.2) is 18.2 Å². The number of rotatable bonds is 4. The molecular weight excluding hydrogens is 251 g/mol. The molecule has 0 aliphatic heterocycles. The molecule has 0 aromatic heterocycles. The van der Waals surface area contributed by atoms with Gasteiger partial charge in [-0.15, -0.1) is 0 Å². The lowest BCUT2D eigenvalue weighted by molar-refractivity contribution is 0.200. The highest BCUT2D eigenvalue weighted by Crippen LogP contribution is 2.25. The van der Waals surface area contributed by atoms with Crippen molar-refractivity contribution in [3.8, 4) is 11.8 Å². The van der Waals surface area contributed by atoms with Crippen LogP contribution in [0.2, 0.25) is 0 Å². The van der Waals surface area contributed by atoms with Crippen LogP contribution in [-0.4, -0.2) is 24.0 Å². The van der Waals surface area contributed by atoms with E-state index < -0.39 is 0 Å². The quantitative estimate of drug-likeness (QED) is 0.855. The molecule has 3 heteroatoms. The van der Waals surface area contributed by atoms with Gasteiger partial charge in [0.05, 0.1) is 6.54 Å². The number of nitrogens with two attached hydrogens (primary N) is 1. The van der Waals surface area contributed by atoms with Gasteiger partial charge in [-0.25, -0.2) is 4.39 Å². The first kappa shape index (κ1) is 15.0. The van der Waals surface area contributed by atoms with Crippen molar-refractivity contribution >= 4 is 0 Å². The van der Waals surface area contributed by atoms with Crippen molar-refractivity contribution in [3.05, 3.63) is 35.1 Å². The maximum Gasteiger partial charge on any atom is 0.124 e. The summed E-state index contributed by atoms with van der Waals surface area (Å²) >= 11 is 0. The van der Waals surface area contributed by atoms with E-state index >= 15 is 0 Å². The lowest BCUT2D eigenvalue weighted by atomic mass is 10.1. The van der Waals surface area contributed by atoms with Gasteiger partial charge in [0.25, 0.3) is 0 Å². The molecule has 2 rings (SSSR count). The normalized spacial score (nSPS) is 15.4. The predicted molar refractivity (Wildman–Crippen MR) is 80.7 cm³/mol. The zero-order chi connectivity index (χ0) is 14.4. The molecule has 2 nitrogen and oxygen atoms in total. The molecule has 1 aromatic carbocycles. The minimum Gasteiger partial charge on any atom is -0.320 e. The summed E-state index contributed by atoms with van der Waals surface area (Å²) in [4.78, 5) is 2.48. The smallest absolute Gasteiger partial charge is 0.124 e. The van der Waals surface area contributed by atoms with Gasteiger partial charge < -0.3 is 5.73 Å². The van der Waals surface area contributed by atoms with Crippen molar-refractivity contribution in [1.82, 2.24) is 4.90 Å². The van der Waals surface area contributed by atoms with E-state index in [-0.39, 0.29) is 5.82 Å². The van der Waals surface area contributed by atoms with Gasteiger partial charge in [-0.3, -0.25) is 4.90 Å². The number of hydrogen-bond acceptors (Lipinski definition) is 2. The molecule has 0 heterocycles. The highest BCUT2D eigenvalue weighted by atomic mass is 19.1.